The number of halogens is 3. The molecule has 1 N–H and O–H groups in total. The van der Waals surface area contributed by atoms with Crippen LogP contribution in [0.1, 0.15) is 16.8 Å². The van der Waals surface area contributed by atoms with Crippen molar-refractivity contribution in [2.24, 2.45) is 0 Å². The van der Waals surface area contributed by atoms with Gasteiger partial charge in [-0.05, 0) is 42.8 Å². The van der Waals surface area contributed by atoms with Gasteiger partial charge in [-0.15, -0.1) is 0 Å². The molecule has 0 saturated heterocycles. The summed E-state index contributed by atoms with van der Waals surface area (Å²) >= 11 is 0. The number of anilines is 2. The summed E-state index contributed by atoms with van der Waals surface area (Å²) in [5.74, 6) is 0. The molecule has 0 atom stereocenters. The molecule has 1 aliphatic heterocycles. The minimum absolute atomic E-state index is 0.0384. The zero-order chi connectivity index (χ0) is 24.2. The summed E-state index contributed by atoms with van der Waals surface area (Å²) in [6.07, 6.45) is 7.61. The molecule has 2 aromatic carbocycles. The Labute approximate surface area is 198 Å². The number of aryl methyl sites for hydroxylation is 1. The average molecular weight is 472 g/mol. The second-order valence-corrected chi connectivity index (χ2v) is 8.42. The van der Waals surface area contributed by atoms with E-state index in [2.05, 4.69) is 20.2 Å². The van der Waals surface area contributed by atoms with Gasteiger partial charge in [0.1, 0.15) is 0 Å². The number of alkyl halides is 3. The monoisotopic (exact) mass is 472 g/mol. The molecule has 4 heterocycles. The van der Waals surface area contributed by atoms with Crippen LogP contribution in [-0.2, 0) is 6.18 Å². The lowest BCUT2D eigenvalue weighted by atomic mass is 10.00. The van der Waals surface area contributed by atoms with E-state index in [1.54, 1.807) is 37.8 Å². The van der Waals surface area contributed by atoms with Crippen molar-refractivity contribution in [2.45, 2.75) is 13.1 Å². The third kappa shape index (κ3) is 3.65. The zero-order valence-electron chi connectivity index (χ0n) is 18.6. The number of rotatable bonds is 3. The van der Waals surface area contributed by atoms with Crippen molar-refractivity contribution < 1.29 is 13.2 Å². The summed E-state index contributed by atoms with van der Waals surface area (Å²) in [6, 6.07) is 10.3. The van der Waals surface area contributed by atoms with Crippen LogP contribution in [0.25, 0.3) is 33.8 Å². The molecular formula is C26H19F3N6. The number of hydrogen-bond acceptors (Lipinski definition) is 4. The number of pyridine rings is 1. The highest BCUT2D eigenvalue weighted by Gasteiger charge is 2.35. The van der Waals surface area contributed by atoms with E-state index >= 15 is 0 Å². The van der Waals surface area contributed by atoms with Gasteiger partial charge in [0.2, 0.25) is 0 Å². The Morgan fingerprint density at radius 2 is 1.89 bits per heavy atom. The SMILES string of the molecule is Cc1cn(-c2ccc(N3CC=Cc4cnc5ccc(-c6cn[nH]c6)cc5c43)cc2C(F)(F)F)cn1. The van der Waals surface area contributed by atoms with Crippen LogP contribution in [-0.4, -0.2) is 31.3 Å². The predicted molar refractivity (Wildman–Crippen MR) is 129 cm³/mol. The fourth-order valence-electron chi connectivity index (χ4n) is 4.51. The van der Waals surface area contributed by atoms with Gasteiger partial charge in [-0.3, -0.25) is 10.1 Å². The van der Waals surface area contributed by atoms with Gasteiger partial charge in [0, 0.05) is 47.3 Å². The first-order valence-corrected chi connectivity index (χ1v) is 11.0. The minimum atomic E-state index is -4.53. The van der Waals surface area contributed by atoms with Gasteiger partial charge in [0.25, 0.3) is 0 Å². The van der Waals surface area contributed by atoms with Crippen LogP contribution in [0, 0.1) is 6.92 Å². The van der Waals surface area contributed by atoms with Crippen LogP contribution >= 0.6 is 0 Å². The first kappa shape index (κ1) is 21.2. The lowest BCUT2D eigenvalue weighted by molar-refractivity contribution is -0.137. The molecule has 0 spiro atoms. The molecule has 6 nitrogen and oxygen atoms in total. The van der Waals surface area contributed by atoms with E-state index in [-0.39, 0.29) is 5.69 Å². The molecule has 3 aromatic heterocycles. The van der Waals surface area contributed by atoms with Crippen molar-refractivity contribution >= 4 is 28.4 Å². The summed E-state index contributed by atoms with van der Waals surface area (Å²) in [5, 5.41) is 7.69. The number of benzene rings is 2. The Kier molecular flexibility index (Phi) is 4.73. The summed E-state index contributed by atoms with van der Waals surface area (Å²) in [4.78, 5) is 10.5. The number of imidazole rings is 1. The van der Waals surface area contributed by atoms with Crippen molar-refractivity contribution in [3.05, 3.63) is 90.4 Å². The number of H-pyrrole nitrogens is 1. The van der Waals surface area contributed by atoms with Gasteiger partial charge in [-0.25, -0.2) is 4.98 Å². The number of aromatic amines is 1. The Balaban J connectivity index is 1.53. The Morgan fingerprint density at radius 1 is 1.00 bits per heavy atom. The first-order valence-electron chi connectivity index (χ1n) is 11.0. The lowest BCUT2D eigenvalue weighted by Crippen LogP contribution is -2.22. The van der Waals surface area contributed by atoms with Crippen LogP contribution in [0.2, 0.25) is 0 Å². The number of hydrogen-bond donors (Lipinski definition) is 1. The van der Waals surface area contributed by atoms with Gasteiger partial charge in [-0.2, -0.15) is 18.3 Å². The third-order valence-electron chi connectivity index (χ3n) is 6.14. The van der Waals surface area contributed by atoms with Gasteiger partial charge in [0.05, 0.1) is 40.7 Å². The maximum absolute atomic E-state index is 14.2. The number of aromatic nitrogens is 5. The molecule has 9 heteroatoms. The number of nitrogens with zero attached hydrogens (tertiary/aromatic N) is 5. The van der Waals surface area contributed by atoms with Crippen molar-refractivity contribution in [3.8, 4) is 16.8 Å². The van der Waals surface area contributed by atoms with E-state index in [1.807, 2.05) is 35.3 Å². The van der Waals surface area contributed by atoms with Crippen LogP contribution < -0.4 is 4.90 Å². The molecule has 0 saturated carbocycles. The van der Waals surface area contributed by atoms with E-state index in [0.717, 1.165) is 33.3 Å². The normalized spacial score (nSPS) is 13.4. The number of nitrogens with one attached hydrogen (secondary N) is 1. The topological polar surface area (TPSA) is 62.6 Å². The predicted octanol–water partition coefficient (Wildman–Crippen LogP) is 6.30. The Bertz CT molecular complexity index is 1580. The summed E-state index contributed by atoms with van der Waals surface area (Å²) in [5.41, 5.74) is 4.70. The minimum Gasteiger partial charge on any atom is -0.336 e. The van der Waals surface area contributed by atoms with Crippen LogP contribution in [0.3, 0.4) is 0 Å². The van der Waals surface area contributed by atoms with E-state index in [9.17, 15) is 13.2 Å². The van der Waals surface area contributed by atoms with Crippen LogP contribution in [0.15, 0.2) is 73.6 Å². The number of fused-ring (bicyclic) bond motifs is 3. The Hall–Kier alpha value is -4.40. The van der Waals surface area contributed by atoms with Crippen molar-refractivity contribution in [1.29, 1.82) is 0 Å². The van der Waals surface area contributed by atoms with Crippen LogP contribution in [0.4, 0.5) is 24.5 Å². The molecule has 35 heavy (non-hydrogen) atoms. The summed E-state index contributed by atoms with van der Waals surface area (Å²) in [7, 11) is 0. The van der Waals surface area contributed by atoms with Gasteiger partial charge in [0.15, 0.2) is 0 Å². The first-order chi connectivity index (χ1) is 16.9. The second kappa shape index (κ2) is 7.83. The summed E-state index contributed by atoms with van der Waals surface area (Å²) in [6.45, 7) is 2.18. The molecule has 174 valence electrons. The van der Waals surface area contributed by atoms with E-state index in [4.69, 9.17) is 0 Å². The molecule has 0 fully saturated rings. The van der Waals surface area contributed by atoms with Gasteiger partial charge >= 0.3 is 6.18 Å². The van der Waals surface area contributed by atoms with Crippen molar-refractivity contribution in [3.63, 3.8) is 0 Å². The molecule has 0 radical (unpaired) electrons. The van der Waals surface area contributed by atoms with E-state index in [1.165, 1.54) is 23.0 Å². The standard InChI is InChI=1S/C26H19F3N6/c1-16-14-34(15-31-16)24-7-5-20(10-22(24)26(27,28)29)35-8-2-3-18-11-30-23-6-4-17(9-21(23)25(18)35)19-12-32-33-13-19/h2-7,9-15H,8H2,1H3,(H,32,33). The third-order valence-corrected chi connectivity index (χ3v) is 6.14. The molecular weight excluding hydrogens is 453 g/mol. The second-order valence-electron chi connectivity index (χ2n) is 8.42. The fraction of sp³-hybridized carbons (Fsp3) is 0.115. The fourth-order valence-corrected chi connectivity index (χ4v) is 4.51. The van der Waals surface area contributed by atoms with Gasteiger partial charge < -0.3 is 9.47 Å². The van der Waals surface area contributed by atoms with Gasteiger partial charge in [-0.1, -0.05) is 18.2 Å². The van der Waals surface area contributed by atoms with Crippen molar-refractivity contribution in [2.75, 3.05) is 11.4 Å². The van der Waals surface area contributed by atoms with Crippen LogP contribution in [0.5, 0.6) is 0 Å². The molecule has 0 bridgehead atoms. The molecule has 5 aromatic rings. The summed E-state index contributed by atoms with van der Waals surface area (Å²) < 4.78 is 43.9. The largest absolute Gasteiger partial charge is 0.418 e. The average Bonchev–Trinajstić information content (AvgIpc) is 3.54. The molecule has 1 aliphatic rings. The molecule has 0 aliphatic carbocycles. The van der Waals surface area contributed by atoms with Crippen molar-refractivity contribution in [1.82, 2.24) is 24.7 Å². The highest BCUT2D eigenvalue weighted by Crippen LogP contribution is 2.42. The molecule has 0 unspecified atom stereocenters. The maximum atomic E-state index is 14.2. The highest BCUT2D eigenvalue weighted by atomic mass is 19.4. The van der Waals surface area contributed by atoms with E-state index in [0.29, 0.717) is 17.9 Å². The molecule has 6 rings (SSSR count). The molecule has 0 amide bonds. The quantitative estimate of drug-likeness (QED) is 0.335. The zero-order valence-corrected chi connectivity index (χ0v) is 18.6. The highest BCUT2D eigenvalue weighted by molar-refractivity contribution is 6.01. The lowest BCUT2D eigenvalue weighted by Gasteiger charge is -2.30. The smallest absolute Gasteiger partial charge is 0.336 e. The maximum Gasteiger partial charge on any atom is 0.418 e. The van der Waals surface area contributed by atoms with E-state index < -0.39 is 11.7 Å². The Morgan fingerprint density at radius 3 is 2.63 bits per heavy atom.